The number of esters is 1. The van der Waals surface area contributed by atoms with E-state index in [1.165, 1.54) is 0 Å². The number of carbonyl (C=O) groups is 3. The fraction of sp³-hybridized carbons (Fsp3) is 0.864. The highest BCUT2D eigenvalue weighted by Gasteiger charge is 2.74. The van der Waals surface area contributed by atoms with Crippen molar-refractivity contribution in [2.24, 2.45) is 11.8 Å². The van der Waals surface area contributed by atoms with Gasteiger partial charge in [-0.3, -0.25) is 14.4 Å². The molecule has 3 aliphatic rings. The van der Waals surface area contributed by atoms with E-state index in [1.54, 1.807) is 11.8 Å². The summed E-state index contributed by atoms with van der Waals surface area (Å²) in [7, 11) is 0. The molecule has 0 aromatic carbocycles. The minimum atomic E-state index is -0.952. The molecule has 3 rings (SSSR count). The quantitative estimate of drug-likeness (QED) is 0.384. The van der Waals surface area contributed by atoms with Gasteiger partial charge in [0.15, 0.2) is 0 Å². The van der Waals surface area contributed by atoms with Crippen LogP contribution in [0.4, 0.5) is 0 Å². The van der Waals surface area contributed by atoms with Crippen LogP contribution in [0.1, 0.15) is 65.7 Å². The largest absolute Gasteiger partial charge is 0.466 e. The van der Waals surface area contributed by atoms with Gasteiger partial charge in [0.05, 0.1) is 24.5 Å². The van der Waals surface area contributed by atoms with E-state index < -0.39 is 29.4 Å². The third-order valence-electron chi connectivity index (χ3n) is 6.77. The number of ether oxygens (including phenoxy) is 2. The average Bonchev–Trinajstić information content (AvgIpc) is 3.33. The van der Waals surface area contributed by atoms with Crippen molar-refractivity contribution in [1.29, 1.82) is 0 Å². The molecule has 8 nitrogen and oxygen atoms in total. The third kappa shape index (κ3) is 3.96. The summed E-state index contributed by atoms with van der Waals surface area (Å²) >= 11 is 0. The van der Waals surface area contributed by atoms with Gasteiger partial charge in [-0.15, -0.1) is 0 Å². The zero-order chi connectivity index (χ0) is 21.9. The van der Waals surface area contributed by atoms with Gasteiger partial charge in [-0.1, -0.05) is 13.3 Å². The Morgan fingerprint density at radius 1 is 1.33 bits per heavy atom. The first kappa shape index (κ1) is 23.0. The van der Waals surface area contributed by atoms with Crippen molar-refractivity contribution in [3.8, 4) is 0 Å². The Morgan fingerprint density at radius 3 is 2.77 bits per heavy atom. The number of carbonyl (C=O) groups excluding carboxylic acids is 3. The minimum absolute atomic E-state index is 0.00347. The number of nitrogens with zero attached hydrogens (tertiary/aromatic N) is 1. The molecule has 0 aliphatic carbocycles. The highest BCUT2D eigenvalue weighted by atomic mass is 16.6. The van der Waals surface area contributed by atoms with E-state index in [4.69, 9.17) is 14.6 Å². The number of aliphatic hydroxyl groups is 1. The van der Waals surface area contributed by atoms with E-state index >= 15 is 0 Å². The number of hydrogen-bond acceptors (Lipinski definition) is 6. The number of likely N-dealkylation sites (tertiary alicyclic amines) is 1. The van der Waals surface area contributed by atoms with Gasteiger partial charge in [0.25, 0.3) is 0 Å². The topological polar surface area (TPSA) is 105 Å². The van der Waals surface area contributed by atoms with Crippen LogP contribution in [0, 0.1) is 11.8 Å². The molecule has 3 heterocycles. The molecule has 0 aromatic heterocycles. The van der Waals surface area contributed by atoms with Crippen LogP contribution < -0.4 is 5.32 Å². The first-order valence-corrected chi connectivity index (χ1v) is 11.5. The van der Waals surface area contributed by atoms with E-state index in [-0.39, 0.29) is 37.2 Å². The van der Waals surface area contributed by atoms with Gasteiger partial charge in [-0.25, -0.2) is 0 Å². The van der Waals surface area contributed by atoms with Gasteiger partial charge >= 0.3 is 5.97 Å². The second kappa shape index (κ2) is 9.64. The maximum Gasteiger partial charge on any atom is 0.312 e. The molecule has 8 heteroatoms. The second-order valence-electron chi connectivity index (χ2n) is 8.82. The lowest BCUT2D eigenvalue weighted by atomic mass is 9.70. The zero-order valence-corrected chi connectivity index (χ0v) is 18.4. The number of rotatable bonds is 11. The normalized spacial score (nSPS) is 32.9. The lowest BCUT2D eigenvalue weighted by molar-refractivity contribution is -0.154. The molecule has 3 fully saturated rings. The second-order valence-corrected chi connectivity index (χ2v) is 8.82. The van der Waals surface area contributed by atoms with Crippen LogP contribution in [0.2, 0.25) is 0 Å². The third-order valence-corrected chi connectivity index (χ3v) is 6.77. The van der Waals surface area contributed by atoms with Crippen LogP contribution in [-0.2, 0) is 23.9 Å². The lowest BCUT2D eigenvalue weighted by Crippen LogP contribution is -2.56. The van der Waals surface area contributed by atoms with E-state index in [0.29, 0.717) is 32.2 Å². The molecule has 6 atom stereocenters. The molecule has 2 amide bonds. The maximum absolute atomic E-state index is 13.5. The van der Waals surface area contributed by atoms with Crippen molar-refractivity contribution in [1.82, 2.24) is 10.2 Å². The lowest BCUT2D eigenvalue weighted by Gasteiger charge is -2.34. The zero-order valence-electron chi connectivity index (χ0n) is 18.4. The van der Waals surface area contributed by atoms with Crippen molar-refractivity contribution in [2.75, 3.05) is 19.8 Å². The summed E-state index contributed by atoms with van der Waals surface area (Å²) in [4.78, 5) is 41.1. The van der Waals surface area contributed by atoms with Crippen molar-refractivity contribution in [2.45, 2.75) is 89.5 Å². The maximum atomic E-state index is 13.5. The summed E-state index contributed by atoms with van der Waals surface area (Å²) < 4.78 is 11.6. The number of unbranched alkanes of at least 4 members (excludes halogenated alkanes) is 2. The number of nitrogens with one attached hydrogen (secondary N) is 1. The number of fused-ring (bicyclic) bond motifs is 1. The Kier molecular flexibility index (Phi) is 7.39. The standard InChI is InChI=1S/C22H36N2O6/c1-4-9-14(3)23-19(26)18-22-11-10-15(30-22)16(21(28)29-5-2)17(22)20(27)24(18)12-7-6-8-13-25/h14-18,25H,4-13H2,1-3H3,(H,23,26)/t14?,15-,16+,17-,18?,22?/m0/s1. The molecule has 0 radical (unpaired) electrons. The predicted octanol–water partition coefficient (Wildman–Crippen LogP) is 1.39. The van der Waals surface area contributed by atoms with Crippen LogP contribution in [0.25, 0.3) is 0 Å². The predicted molar refractivity (Wildman–Crippen MR) is 109 cm³/mol. The smallest absolute Gasteiger partial charge is 0.312 e. The number of amides is 2. The Morgan fingerprint density at radius 2 is 2.10 bits per heavy atom. The molecular weight excluding hydrogens is 388 g/mol. The van der Waals surface area contributed by atoms with E-state index in [2.05, 4.69) is 12.2 Å². The summed E-state index contributed by atoms with van der Waals surface area (Å²) in [6.07, 6.45) is 4.81. The monoisotopic (exact) mass is 424 g/mol. The molecule has 3 unspecified atom stereocenters. The van der Waals surface area contributed by atoms with Gasteiger partial charge in [0, 0.05) is 19.2 Å². The molecule has 2 bridgehead atoms. The van der Waals surface area contributed by atoms with Crippen LogP contribution in [-0.4, -0.2) is 71.3 Å². The SMILES string of the molecule is CCCC(C)NC(=O)C1N(CCCCCO)C(=O)[C@@H]2[C@H](C(=O)OCC)[C@@H]3CCC12O3. The molecule has 3 aliphatic heterocycles. The fourth-order valence-electron chi connectivity index (χ4n) is 5.60. The molecular formula is C22H36N2O6. The number of hydrogen-bond donors (Lipinski definition) is 2. The van der Waals surface area contributed by atoms with Gasteiger partial charge < -0.3 is 24.8 Å². The molecule has 2 N–H and O–H groups in total. The van der Waals surface area contributed by atoms with Gasteiger partial charge in [0.1, 0.15) is 11.6 Å². The highest BCUT2D eigenvalue weighted by molar-refractivity contribution is 5.98. The van der Waals surface area contributed by atoms with Crippen LogP contribution in [0.3, 0.4) is 0 Å². The van der Waals surface area contributed by atoms with E-state index in [1.807, 2.05) is 6.92 Å². The van der Waals surface area contributed by atoms with E-state index in [0.717, 1.165) is 19.3 Å². The molecule has 0 aromatic rings. The van der Waals surface area contributed by atoms with Crippen molar-refractivity contribution < 1.29 is 29.0 Å². The van der Waals surface area contributed by atoms with Crippen molar-refractivity contribution >= 4 is 17.8 Å². The summed E-state index contributed by atoms with van der Waals surface area (Å²) in [6.45, 7) is 6.55. The van der Waals surface area contributed by atoms with Crippen LogP contribution in [0.15, 0.2) is 0 Å². The number of aliphatic hydroxyl groups excluding tert-OH is 1. The van der Waals surface area contributed by atoms with Gasteiger partial charge in [-0.05, 0) is 52.4 Å². The van der Waals surface area contributed by atoms with Gasteiger partial charge in [0.2, 0.25) is 11.8 Å². The van der Waals surface area contributed by atoms with Crippen LogP contribution >= 0.6 is 0 Å². The first-order chi connectivity index (χ1) is 14.4. The first-order valence-electron chi connectivity index (χ1n) is 11.5. The summed E-state index contributed by atoms with van der Waals surface area (Å²) in [5.41, 5.74) is -0.952. The Bertz CT molecular complexity index is 656. The van der Waals surface area contributed by atoms with Crippen molar-refractivity contribution in [3.05, 3.63) is 0 Å². The van der Waals surface area contributed by atoms with E-state index in [9.17, 15) is 14.4 Å². The molecule has 30 heavy (non-hydrogen) atoms. The molecule has 0 saturated carbocycles. The summed E-state index contributed by atoms with van der Waals surface area (Å²) in [5.74, 6) is -2.08. The fourth-order valence-corrected chi connectivity index (χ4v) is 5.60. The highest BCUT2D eigenvalue weighted by Crippen LogP contribution is 2.58. The molecule has 1 spiro atoms. The molecule has 3 saturated heterocycles. The Labute approximate surface area is 178 Å². The van der Waals surface area contributed by atoms with Crippen molar-refractivity contribution in [3.63, 3.8) is 0 Å². The Hall–Kier alpha value is -1.67. The summed E-state index contributed by atoms with van der Waals surface area (Å²) in [5, 5.41) is 12.1. The molecule has 170 valence electrons. The van der Waals surface area contributed by atoms with Crippen LogP contribution in [0.5, 0.6) is 0 Å². The Balaban J connectivity index is 1.87. The summed E-state index contributed by atoms with van der Waals surface area (Å²) in [6, 6.07) is -0.725. The minimum Gasteiger partial charge on any atom is -0.466 e. The van der Waals surface area contributed by atoms with Gasteiger partial charge in [-0.2, -0.15) is 0 Å². The average molecular weight is 425 g/mol.